The van der Waals surface area contributed by atoms with E-state index in [9.17, 15) is 14.7 Å². The number of phenols is 1. The summed E-state index contributed by atoms with van der Waals surface area (Å²) in [6, 6.07) is 4.76. The van der Waals surface area contributed by atoms with Crippen LogP contribution in [0.2, 0.25) is 0 Å². The highest BCUT2D eigenvalue weighted by Gasteiger charge is 2.30. The van der Waals surface area contributed by atoms with Crippen LogP contribution in [-0.4, -0.2) is 22.8 Å². The second kappa shape index (κ2) is 5.12. The van der Waals surface area contributed by atoms with Gasteiger partial charge in [-0.15, -0.1) is 0 Å². The van der Waals surface area contributed by atoms with Crippen LogP contribution in [0.4, 0.5) is 0 Å². The average Bonchev–Trinajstić information content (AvgIpc) is 2.45. The molecule has 1 aromatic rings. The van der Waals surface area contributed by atoms with Gasteiger partial charge in [0.05, 0.1) is 11.7 Å². The van der Waals surface area contributed by atoms with Crippen LogP contribution < -0.4 is 0 Å². The molecule has 1 N–H and O–H groups in total. The van der Waals surface area contributed by atoms with Gasteiger partial charge < -0.3 is 9.84 Å². The Hall–Kier alpha value is -2.10. The summed E-state index contributed by atoms with van der Waals surface area (Å²) < 4.78 is 5.91. The second-order valence-corrected chi connectivity index (χ2v) is 5.28. The molecule has 0 radical (unpaired) electrons. The van der Waals surface area contributed by atoms with Crippen LogP contribution in [0.5, 0.6) is 5.75 Å². The number of carbonyl (C=O) groups excluding carboxylic acids is 2. The highest BCUT2D eigenvalue weighted by atomic mass is 16.5. The molecule has 0 aromatic heterocycles. The molecular formula is C16H16O4. The van der Waals surface area contributed by atoms with Gasteiger partial charge in [0.1, 0.15) is 11.5 Å². The normalized spacial score (nSPS) is 19.5. The first-order valence-electron chi connectivity index (χ1n) is 6.96. The summed E-state index contributed by atoms with van der Waals surface area (Å²) >= 11 is 0. The zero-order valence-electron chi connectivity index (χ0n) is 11.1. The molecular weight excluding hydrogens is 256 g/mol. The van der Waals surface area contributed by atoms with Gasteiger partial charge in [0.2, 0.25) is 11.6 Å². The number of hydrogen-bond acceptors (Lipinski definition) is 4. The monoisotopic (exact) mass is 272 g/mol. The summed E-state index contributed by atoms with van der Waals surface area (Å²) in [7, 11) is 0. The molecule has 0 heterocycles. The smallest absolute Gasteiger partial charge is 0.237 e. The lowest BCUT2D eigenvalue weighted by atomic mass is 9.92. The highest BCUT2D eigenvalue weighted by molar-refractivity contribution is 6.50. The van der Waals surface area contributed by atoms with Crippen molar-refractivity contribution in [1.29, 1.82) is 0 Å². The number of fused-ring (bicyclic) bond motifs is 1. The lowest BCUT2D eigenvalue weighted by Gasteiger charge is -2.26. The summed E-state index contributed by atoms with van der Waals surface area (Å²) in [5, 5.41) is 9.81. The largest absolute Gasteiger partial charge is 0.507 e. The number of allylic oxidation sites excluding steroid dienone is 1. The van der Waals surface area contributed by atoms with Crippen molar-refractivity contribution in [3.05, 3.63) is 35.4 Å². The predicted molar refractivity (Wildman–Crippen MR) is 73.4 cm³/mol. The SMILES string of the molecule is O=C1C=C(OC2CCCCC2)c2cccc(O)c2C1=O. The fourth-order valence-electron chi connectivity index (χ4n) is 2.83. The van der Waals surface area contributed by atoms with Gasteiger partial charge in [-0.25, -0.2) is 0 Å². The number of Topliss-reactive ketones (excluding diaryl/α,β-unsaturated/α-hetero) is 1. The van der Waals surface area contributed by atoms with Crippen LogP contribution in [0.1, 0.15) is 48.0 Å². The number of rotatable bonds is 2. The molecule has 2 aliphatic carbocycles. The van der Waals surface area contributed by atoms with Crippen LogP contribution in [-0.2, 0) is 9.53 Å². The Balaban J connectivity index is 1.95. The number of ketones is 2. The Labute approximate surface area is 117 Å². The molecule has 1 fully saturated rings. The van der Waals surface area contributed by atoms with Crippen LogP contribution >= 0.6 is 0 Å². The second-order valence-electron chi connectivity index (χ2n) is 5.28. The fourth-order valence-corrected chi connectivity index (χ4v) is 2.83. The van der Waals surface area contributed by atoms with Crippen LogP contribution in [0.3, 0.4) is 0 Å². The Kier molecular flexibility index (Phi) is 3.30. The van der Waals surface area contributed by atoms with Crippen molar-refractivity contribution in [1.82, 2.24) is 0 Å². The van der Waals surface area contributed by atoms with E-state index in [4.69, 9.17) is 4.74 Å². The molecule has 0 saturated heterocycles. The summed E-state index contributed by atoms with van der Waals surface area (Å²) in [6.45, 7) is 0. The maximum Gasteiger partial charge on any atom is 0.237 e. The highest BCUT2D eigenvalue weighted by Crippen LogP contribution is 2.34. The number of aromatic hydroxyl groups is 1. The Morgan fingerprint density at radius 3 is 2.60 bits per heavy atom. The van der Waals surface area contributed by atoms with Crippen molar-refractivity contribution >= 4 is 17.3 Å². The Morgan fingerprint density at radius 1 is 1.10 bits per heavy atom. The first-order valence-corrected chi connectivity index (χ1v) is 6.96. The molecule has 104 valence electrons. The Morgan fingerprint density at radius 2 is 1.85 bits per heavy atom. The van der Waals surface area contributed by atoms with Gasteiger partial charge in [-0.2, -0.15) is 0 Å². The molecule has 0 amide bonds. The number of phenolic OH excluding ortho intramolecular Hbond substituents is 1. The van der Waals surface area contributed by atoms with Gasteiger partial charge in [-0.05, 0) is 31.7 Å². The van der Waals surface area contributed by atoms with Crippen molar-refractivity contribution in [2.45, 2.75) is 38.2 Å². The van der Waals surface area contributed by atoms with E-state index in [1.54, 1.807) is 12.1 Å². The van der Waals surface area contributed by atoms with Crippen LogP contribution in [0.25, 0.3) is 5.76 Å². The number of hydrogen-bond donors (Lipinski definition) is 1. The zero-order valence-corrected chi connectivity index (χ0v) is 11.1. The van der Waals surface area contributed by atoms with E-state index in [0.29, 0.717) is 11.3 Å². The van der Waals surface area contributed by atoms with Gasteiger partial charge in [-0.3, -0.25) is 9.59 Å². The number of ether oxygens (including phenoxy) is 1. The van der Waals surface area contributed by atoms with E-state index in [1.165, 1.54) is 18.6 Å². The van der Waals surface area contributed by atoms with E-state index in [-0.39, 0.29) is 17.4 Å². The van der Waals surface area contributed by atoms with Crippen molar-refractivity contribution in [3.8, 4) is 5.75 Å². The molecule has 0 unspecified atom stereocenters. The molecule has 20 heavy (non-hydrogen) atoms. The minimum absolute atomic E-state index is 0.0609. The molecule has 4 nitrogen and oxygen atoms in total. The lowest BCUT2D eigenvalue weighted by Crippen LogP contribution is -2.23. The molecule has 0 spiro atoms. The fraction of sp³-hybridized carbons (Fsp3) is 0.375. The van der Waals surface area contributed by atoms with Crippen LogP contribution in [0.15, 0.2) is 24.3 Å². The van der Waals surface area contributed by atoms with E-state index in [2.05, 4.69) is 0 Å². The molecule has 0 bridgehead atoms. The van der Waals surface area contributed by atoms with E-state index in [1.807, 2.05) is 0 Å². The lowest BCUT2D eigenvalue weighted by molar-refractivity contribution is -0.111. The first-order chi connectivity index (χ1) is 9.66. The topological polar surface area (TPSA) is 63.6 Å². The molecule has 4 heteroatoms. The summed E-state index contributed by atoms with van der Waals surface area (Å²) in [4.78, 5) is 23.6. The minimum Gasteiger partial charge on any atom is -0.507 e. The van der Waals surface area contributed by atoms with Gasteiger partial charge in [0.25, 0.3) is 0 Å². The van der Waals surface area contributed by atoms with Crippen molar-refractivity contribution in [2.75, 3.05) is 0 Å². The maximum atomic E-state index is 11.9. The van der Waals surface area contributed by atoms with Gasteiger partial charge in [-0.1, -0.05) is 18.6 Å². The summed E-state index contributed by atoms with van der Waals surface area (Å²) in [6.07, 6.45) is 6.73. The summed E-state index contributed by atoms with van der Waals surface area (Å²) in [5.41, 5.74) is 0.575. The van der Waals surface area contributed by atoms with E-state index in [0.717, 1.165) is 25.7 Å². The van der Waals surface area contributed by atoms with Crippen LogP contribution in [0, 0.1) is 0 Å². The molecule has 1 aromatic carbocycles. The van der Waals surface area contributed by atoms with Crippen molar-refractivity contribution < 1.29 is 19.4 Å². The quantitative estimate of drug-likeness (QED) is 0.841. The van der Waals surface area contributed by atoms with Crippen molar-refractivity contribution in [3.63, 3.8) is 0 Å². The minimum atomic E-state index is -0.672. The Bertz CT molecular complexity index is 594. The molecule has 1 saturated carbocycles. The van der Waals surface area contributed by atoms with E-state index < -0.39 is 11.6 Å². The standard InChI is InChI=1S/C16H16O4/c17-12-8-4-7-11-14(9-13(18)16(19)15(11)12)20-10-5-2-1-3-6-10/h4,7-10,17H,1-3,5-6H2. The van der Waals surface area contributed by atoms with Crippen molar-refractivity contribution in [2.24, 2.45) is 0 Å². The summed E-state index contributed by atoms with van der Waals surface area (Å²) in [5.74, 6) is -1.06. The van der Waals surface area contributed by atoms with E-state index >= 15 is 0 Å². The number of carbonyl (C=O) groups is 2. The molecule has 2 aliphatic rings. The third-order valence-electron chi connectivity index (χ3n) is 3.87. The maximum absolute atomic E-state index is 11.9. The molecule has 0 atom stereocenters. The zero-order chi connectivity index (χ0) is 14.1. The van der Waals surface area contributed by atoms with Gasteiger partial charge >= 0.3 is 0 Å². The van der Waals surface area contributed by atoms with Gasteiger partial charge in [0, 0.05) is 11.6 Å². The van der Waals surface area contributed by atoms with Gasteiger partial charge in [0.15, 0.2) is 0 Å². The predicted octanol–water partition coefficient (Wildman–Crippen LogP) is 2.85. The number of benzene rings is 1. The molecule has 3 rings (SSSR count). The third-order valence-corrected chi connectivity index (χ3v) is 3.87. The first kappa shape index (κ1) is 12.9. The third kappa shape index (κ3) is 2.22. The molecule has 0 aliphatic heterocycles. The average molecular weight is 272 g/mol.